The van der Waals surface area contributed by atoms with Crippen LogP contribution in [0.15, 0.2) is 47.1 Å². The summed E-state index contributed by atoms with van der Waals surface area (Å²) in [5, 5.41) is 2.70. The Morgan fingerprint density at radius 3 is 2.58 bits per heavy atom. The van der Waals surface area contributed by atoms with Crippen molar-refractivity contribution < 1.29 is 18.4 Å². The van der Waals surface area contributed by atoms with Gasteiger partial charge in [0.1, 0.15) is 5.82 Å². The summed E-state index contributed by atoms with van der Waals surface area (Å²) in [5.74, 6) is -0.366. The topological polar surface area (TPSA) is 62.6 Å². The average molecular weight is 332 g/mol. The second-order valence-electron chi connectivity index (χ2n) is 5.57. The van der Waals surface area contributed by atoms with E-state index in [4.69, 9.17) is 4.42 Å². The van der Waals surface area contributed by atoms with Gasteiger partial charge in [0.2, 0.25) is 5.91 Å². The molecule has 1 atom stereocenters. The van der Waals surface area contributed by atoms with Crippen LogP contribution in [0.25, 0.3) is 0 Å². The lowest BCUT2D eigenvalue weighted by atomic mass is 10.1. The maximum absolute atomic E-state index is 13.0. The fourth-order valence-corrected chi connectivity index (χ4v) is 2.29. The van der Waals surface area contributed by atoms with E-state index in [-0.39, 0.29) is 29.4 Å². The first-order valence-electron chi connectivity index (χ1n) is 7.82. The predicted molar refractivity (Wildman–Crippen MR) is 87.9 cm³/mol. The Bertz CT molecular complexity index is 668. The molecule has 0 spiro atoms. The van der Waals surface area contributed by atoms with E-state index in [2.05, 4.69) is 5.32 Å². The van der Waals surface area contributed by atoms with Crippen LogP contribution in [0.3, 0.4) is 0 Å². The van der Waals surface area contributed by atoms with E-state index in [1.807, 2.05) is 6.92 Å². The van der Waals surface area contributed by atoms with Gasteiger partial charge in [-0.25, -0.2) is 4.39 Å². The van der Waals surface area contributed by atoms with Crippen molar-refractivity contribution >= 4 is 11.8 Å². The first kappa shape index (κ1) is 17.7. The van der Waals surface area contributed by atoms with Crippen LogP contribution >= 0.6 is 0 Å². The van der Waals surface area contributed by atoms with E-state index in [0.717, 1.165) is 5.56 Å². The van der Waals surface area contributed by atoms with Crippen molar-refractivity contribution in [2.45, 2.75) is 25.8 Å². The molecule has 0 saturated heterocycles. The van der Waals surface area contributed by atoms with Gasteiger partial charge in [0.25, 0.3) is 5.91 Å². The fraction of sp³-hybridized carbons (Fsp3) is 0.333. The van der Waals surface area contributed by atoms with Gasteiger partial charge in [-0.2, -0.15) is 0 Å². The Labute approximate surface area is 140 Å². The number of hydrogen-bond acceptors (Lipinski definition) is 3. The molecule has 128 valence electrons. The zero-order valence-corrected chi connectivity index (χ0v) is 13.8. The molecule has 0 fully saturated rings. The molecule has 6 heteroatoms. The lowest BCUT2D eigenvalue weighted by Gasteiger charge is -2.25. The largest absolute Gasteiger partial charge is 0.459 e. The van der Waals surface area contributed by atoms with Gasteiger partial charge in [-0.05, 0) is 43.2 Å². The molecule has 0 bridgehead atoms. The minimum Gasteiger partial charge on any atom is -0.459 e. The molecule has 1 unspecified atom stereocenters. The van der Waals surface area contributed by atoms with Gasteiger partial charge in [0, 0.05) is 20.0 Å². The molecule has 2 rings (SSSR count). The van der Waals surface area contributed by atoms with Crippen LogP contribution in [-0.4, -0.2) is 30.3 Å². The van der Waals surface area contributed by atoms with E-state index >= 15 is 0 Å². The van der Waals surface area contributed by atoms with Gasteiger partial charge in [-0.15, -0.1) is 0 Å². The molecule has 1 heterocycles. The minimum absolute atomic E-state index is 0.0286. The summed E-state index contributed by atoms with van der Waals surface area (Å²) in [4.78, 5) is 25.5. The van der Waals surface area contributed by atoms with Crippen LogP contribution in [0.1, 0.15) is 41.9 Å². The first-order chi connectivity index (χ1) is 11.5. The highest BCUT2D eigenvalue weighted by molar-refractivity contribution is 5.91. The highest BCUT2D eigenvalue weighted by atomic mass is 19.1. The second kappa shape index (κ2) is 8.29. The van der Waals surface area contributed by atoms with Crippen molar-refractivity contribution in [2.75, 3.05) is 13.6 Å². The molecule has 0 saturated carbocycles. The van der Waals surface area contributed by atoms with Crippen LogP contribution in [0.5, 0.6) is 0 Å². The van der Waals surface area contributed by atoms with Crippen LogP contribution in [0.2, 0.25) is 0 Å². The molecule has 1 N–H and O–H groups in total. The van der Waals surface area contributed by atoms with Crippen molar-refractivity contribution in [1.29, 1.82) is 0 Å². The molecule has 5 nitrogen and oxygen atoms in total. The Morgan fingerprint density at radius 1 is 1.25 bits per heavy atom. The van der Waals surface area contributed by atoms with Crippen LogP contribution in [-0.2, 0) is 4.79 Å². The number of carbonyl (C=O) groups excluding carboxylic acids is 2. The Morgan fingerprint density at radius 2 is 1.96 bits per heavy atom. The molecule has 0 aliphatic rings. The quantitative estimate of drug-likeness (QED) is 0.792. The maximum atomic E-state index is 13.0. The maximum Gasteiger partial charge on any atom is 0.286 e. The second-order valence-corrected chi connectivity index (χ2v) is 5.57. The van der Waals surface area contributed by atoms with Gasteiger partial charge >= 0.3 is 0 Å². The Kier molecular flexibility index (Phi) is 6.12. The summed E-state index contributed by atoms with van der Waals surface area (Å²) in [6, 6.07) is 9.20. The van der Waals surface area contributed by atoms with Crippen molar-refractivity contribution in [3.8, 4) is 0 Å². The zero-order valence-electron chi connectivity index (χ0n) is 13.8. The van der Waals surface area contributed by atoms with Gasteiger partial charge in [-0.3, -0.25) is 9.59 Å². The number of rotatable bonds is 7. The molecular weight excluding hydrogens is 311 g/mol. The van der Waals surface area contributed by atoms with Gasteiger partial charge in [-0.1, -0.05) is 12.1 Å². The summed E-state index contributed by atoms with van der Waals surface area (Å²) in [6.45, 7) is 2.29. The predicted octanol–water partition coefficient (Wildman–Crippen LogP) is 3.15. The molecule has 1 aromatic heterocycles. The molecule has 0 aliphatic heterocycles. The fourth-order valence-electron chi connectivity index (χ4n) is 2.29. The van der Waals surface area contributed by atoms with Crippen molar-refractivity contribution in [3.05, 3.63) is 59.8 Å². The third kappa shape index (κ3) is 4.68. The smallest absolute Gasteiger partial charge is 0.286 e. The number of amides is 2. The number of nitrogens with zero attached hydrogens (tertiary/aromatic N) is 1. The lowest BCUT2D eigenvalue weighted by molar-refractivity contribution is -0.131. The third-order valence-corrected chi connectivity index (χ3v) is 3.92. The molecular formula is C18H21FN2O3. The summed E-state index contributed by atoms with van der Waals surface area (Å²) in [5.41, 5.74) is 0.873. The lowest BCUT2D eigenvalue weighted by Crippen LogP contribution is -2.31. The monoisotopic (exact) mass is 332 g/mol. The Hall–Kier alpha value is -2.63. The summed E-state index contributed by atoms with van der Waals surface area (Å²) >= 11 is 0. The normalized spacial score (nSPS) is 11.8. The van der Waals surface area contributed by atoms with E-state index in [0.29, 0.717) is 19.4 Å². The number of hydrogen-bond donors (Lipinski definition) is 1. The van der Waals surface area contributed by atoms with Crippen molar-refractivity contribution in [2.24, 2.45) is 0 Å². The van der Waals surface area contributed by atoms with E-state index in [9.17, 15) is 14.0 Å². The molecule has 2 amide bonds. The van der Waals surface area contributed by atoms with E-state index in [1.54, 1.807) is 36.2 Å². The number of carbonyl (C=O) groups is 2. The van der Waals surface area contributed by atoms with Crippen LogP contribution in [0, 0.1) is 5.82 Å². The standard InChI is InChI=1S/C18H21FN2O3/c1-13(14-7-9-15(19)10-8-14)21(2)17(22)6-3-11-20-18(23)16-5-4-12-24-16/h4-5,7-10,12-13H,3,6,11H2,1-2H3,(H,20,23). The molecule has 24 heavy (non-hydrogen) atoms. The zero-order chi connectivity index (χ0) is 17.5. The van der Waals surface area contributed by atoms with Crippen LogP contribution < -0.4 is 5.32 Å². The number of halogens is 1. The number of furan rings is 1. The van der Waals surface area contributed by atoms with Gasteiger partial charge < -0.3 is 14.6 Å². The van der Waals surface area contributed by atoms with Gasteiger partial charge in [0.15, 0.2) is 5.76 Å². The highest BCUT2D eigenvalue weighted by Crippen LogP contribution is 2.19. The van der Waals surface area contributed by atoms with Gasteiger partial charge in [0.05, 0.1) is 12.3 Å². The number of benzene rings is 1. The SMILES string of the molecule is CC(c1ccc(F)cc1)N(C)C(=O)CCCNC(=O)c1ccco1. The van der Waals surface area contributed by atoms with E-state index in [1.165, 1.54) is 18.4 Å². The minimum atomic E-state index is -0.299. The summed E-state index contributed by atoms with van der Waals surface area (Å²) in [6.07, 6.45) is 2.29. The molecule has 0 aliphatic carbocycles. The molecule has 1 aromatic carbocycles. The van der Waals surface area contributed by atoms with Crippen LogP contribution in [0.4, 0.5) is 4.39 Å². The Balaban J connectivity index is 1.75. The molecule has 2 aromatic rings. The first-order valence-corrected chi connectivity index (χ1v) is 7.82. The van der Waals surface area contributed by atoms with Crippen molar-refractivity contribution in [3.63, 3.8) is 0 Å². The number of nitrogens with one attached hydrogen (secondary N) is 1. The van der Waals surface area contributed by atoms with Crippen molar-refractivity contribution in [1.82, 2.24) is 10.2 Å². The average Bonchev–Trinajstić information content (AvgIpc) is 3.12. The summed E-state index contributed by atoms with van der Waals surface area (Å²) < 4.78 is 17.9. The highest BCUT2D eigenvalue weighted by Gasteiger charge is 2.17. The summed E-state index contributed by atoms with van der Waals surface area (Å²) in [7, 11) is 1.72. The van der Waals surface area contributed by atoms with E-state index < -0.39 is 0 Å². The third-order valence-electron chi connectivity index (χ3n) is 3.92. The molecule has 0 radical (unpaired) electrons.